The number of benzene rings is 1. The predicted octanol–water partition coefficient (Wildman–Crippen LogP) is 2.35. The number of anilines is 2. The molecule has 1 aliphatic carbocycles. The molecule has 0 saturated carbocycles. The van der Waals surface area contributed by atoms with Gasteiger partial charge in [0.1, 0.15) is 16.6 Å². The predicted molar refractivity (Wildman–Crippen MR) is 72.6 cm³/mol. The largest absolute Gasteiger partial charge is 0.382 e. The highest BCUT2D eigenvalue weighted by molar-refractivity contribution is 7.10. The fourth-order valence-corrected chi connectivity index (χ4v) is 2.96. The first kappa shape index (κ1) is 11.1. The van der Waals surface area contributed by atoms with Crippen LogP contribution in [0.1, 0.15) is 22.6 Å². The number of nitrogens with zero attached hydrogens (tertiary/aromatic N) is 2. The zero-order valence-electron chi connectivity index (χ0n) is 9.68. The highest BCUT2D eigenvalue weighted by Crippen LogP contribution is 2.35. The average Bonchev–Trinajstić information content (AvgIpc) is 2.71. The van der Waals surface area contributed by atoms with Crippen LogP contribution in [0.3, 0.4) is 0 Å². The van der Waals surface area contributed by atoms with Crippen LogP contribution in [0.2, 0.25) is 0 Å². The second-order valence-corrected chi connectivity index (χ2v) is 5.14. The maximum Gasteiger partial charge on any atom is 0.157 e. The minimum Gasteiger partial charge on any atom is -0.382 e. The number of rotatable bonds is 3. The molecule has 1 unspecified atom stereocenters. The van der Waals surface area contributed by atoms with Gasteiger partial charge < -0.3 is 11.1 Å². The highest BCUT2D eigenvalue weighted by Gasteiger charge is 2.25. The van der Waals surface area contributed by atoms with Crippen LogP contribution in [0.5, 0.6) is 0 Å². The molecular formula is C13H12N4S. The molecule has 0 fully saturated rings. The van der Waals surface area contributed by atoms with Crippen molar-refractivity contribution in [2.45, 2.75) is 12.3 Å². The molecule has 1 aliphatic rings. The molecule has 1 heterocycles. The van der Waals surface area contributed by atoms with E-state index >= 15 is 0 Å². The number of nitrogen functional groups attached to an aromatic ring is 1. The van der Waals surface area contributed by atoms with Gasteiger partial charge in [-0.2, -0.15) is 9.64 Å². The van der Waals surface area contributed by atoms with Crippen molar-refractivity contribution in [1.82, 2.24) is 4.37 Å². The molecule has 2 aromatic rings. The van der Waals surface area contributed by atoms with E-state index in [0.717, 1.165) is 18.0 Å². The Kier molecular flexibility index (Phi) is 2.65. The maximum atomic E-state index is 8.98. The summed E-state index contributed by atoms with van der Waals surface area (Å²) in [6.07, 6.45) is 1.10. The average molecular weight is 256 g/mol. The van der Waals surface area contributed by atoms with Crippen molar-refractivity contribution >= 4 is 22.4 Å². The molecule has 0 aliphatic heterocycles. The highest BCUT2D eigenvalue weighted by atomic mass is 32.1. The Balaban J connectivity index is 1.69. The smallest absolute Gasteiger partial charge is 0.157 e. The minimum absolute atomic E-state index is 0.319. The molecule has 18 heavy (non-hydrogen) atoms. The van der Waals surface area contributed by atoms with E-state index in [0.29, 0.717) is 17.3 Å². The number of hydrogen-bond donors (Lipinski definition) is 2. The standard InChI is InChI=1S/C13H12N4S/c14-6-11-12(15)17-18-13(11)16-7-9-5-8-3-1-2-4-10(8)9/h1-4,9,16H,5,7H2,(H2,15,17). The van der Waals surface area contributed by atoms with Crippen LogP contribution in [-0.4, -0.2) is 10.9 Å². The van der Waals surface area contributed by atoms with Crippen LogP contribution in [0.25, 0.3) is 0 Å². The van der Waals surface area contributed by atoms with Crippen molar-refractivity contribution in [3.8, 4) is 6.07 Å². The maximum absolute atomic E-state index is 8.98. The van der Waals surface area contributed by atoms with Gasteiger partial charge in [0.15, 0.2) is 5.82 Å². The SMILES string of the molecule is N#Cc1c(N)nsc1NCC1Cc2ccccc21. The summed E-state index contributed by atoms with van der Waals surface area (Å²) in [6, 6.07) is 10.5. The van der Waals surface area contributed by atoms with E-state index in [2.05, 4.69) is 40.0 Å². The van der Waals surface area contributed by atoms with E-state index in [-0.39, 0.29) is 0 Å². The third-order valence-corrected chi connectivity index (χ3v) is 4.12. The summed E-state index contributed by atoms with van der Waals surface area (Å²) in [4.78, 5) is 0. The lowest BCUT2D eigenvalue weighted by molar-refractivity contribution is 0.636. The van der Waals surface area contributed by atoms with Crippen LogP contribution < -0.4 is 11.1 Å². The lowest BCUT2D eigenvalue weighted by Crippen LogP contribution is -2.24. The summed E-state index contributed by atoms with van der Waals surface area (Å²) in [5.41, 5.74) is 8.91. The summed E-state index contributed by atoms with van der Waals surface area (Å²) < 4.78 is 3.99. The zero-order valence-corrected chi connectivity index (χ0v) is 10.5. The Bertz CT molecular complexity index is 626. The van der Waals surface area contributed by atoms with E-state index < -0.39 is 0 Å². The molecule has 1 atom stereocenters. The van der Waals surface area contributed by atoms with Gasteiger partial charge in [0.2, 0.25) is 0 Å². The van der Waals surface area contributed by atoms with Gasteiger partial charge in [-0.25, -0.2) is 0 Å². The second kappa shape index (κ2) is 4.31. The van der Waals surface area contributed by atoms with E-state index in [9.17, 15) is 0 Å². The summed E-state index contributed by atoms with van der Waals surface area (Å²) >= 11 is 1.25. The monoisotopic (exact) mass is 256 g/mol. The minimum atomic E-state index is 0.319. The third-order valence-electron chi connectivity index (χ3n) is 3.30. The summed E-state index contributed by atoms with van der Waals surface area (Å²) in [7, 11) is 0. The van der Waals surface area contributed by atoms with E-state index in [1.807, 2.05) is 0 Å². The van der Waals surface area contributed by atoms with Crippen LogP contribution in [-0.2, 0) is 6.42 Å². The first-order chi connectivity index (χ1) is 8.79. The topological polar surface area (TPSA) is 74.7 Å². The summed E-state index contributed by atoms with van der Waals surface area (Å²) in [5.74, 6) is 0.843. The van der Waals surface area contributed by atoms with Crippen LogP contribution in [0.15, 0.2) is 24.3 Å². The Hall–Kier alpha value is -2.06. The second-order valence-electron chi connectivity index (χ2n) is 4.36. The molecule has 0 saturated heterocycles. The van der Waals surface area contributed by atoms with Crippen LogP contribution in [0.4, 0.5) is 10.8 Å². The molecule has 90 valence electrons. The fraction of sp³-hybridized carbons (Fsp3) is 0.231. The lowest BCUT2D eigenvalue weighted by atomic mass is 9.78. The molecule has 0 amide bonds. The van der Waals surface area contributed by atoms with Crippen LogP contribution >= 0.6 is 11.5 Å². The van der Waals surface area contributed by atoms with Gasteiger partial charge in [-0.1, -0.05) is 24.3 Å². The summed E-state index contributed by atoms with van der Waals surface area (Å²) in [6.45, 7) is 0.827. The number of nitrogens with one attached hydrogen (secondary N) is 1. The van der Waals surface area contributed by atoms with Crippen LogP contribution in [0, 0.1) is 11.3 Å². The zero-order chi connectivity index (χ0) is 12.5. The molecule has 0 radical (unpaired) electrons. The molecule has 3 N–H and O–H groups in total. The first-order valence-electron chi connectivity index (χ1n) is 5.76. The lowest BCUT2D eigenvalue weighted by Gasteiger charge is -2.30. The quantitative estimate of drug-likeness (QED) is 0.884. The molecule has 0 bridgehead atoms. The Morgan fingerprint density at radius 1 is 1.50 bits per heavy atom. The van der Waals surface area contributed by atoms with Gasteiger partial charge in [-0.3, -0.25) is 0 Å². The van der Waals surface area contributed by atoms with E-state index in [1.54, 1.807) is 0 Å². The van der Waals surface area contributed by atoms with Gasteiger partial charge in [0.25, 0.3) is 0 Å². The Labute approximate surface area is 109 Å². The van der Waals surface area contributed by atoms with Gasteiger partial charge in [-0.15, -0.1) is 0 Å². The normalized spacial score (nSPS) is 16.5. The number of aromatic nitrogens is 1. The van der Waals surface area contributed by atoms with Crippen molar-refractivity contribution in [2.24, 2.45) is 0 Å². The number of nitriles is 1. The first-order valence-corrected chi connectivity index (χ1v) is 6.54. The Morgan fingerprint density at radius 3 is 3.11 bits per heavy atom. The van der Waals surface area contributed by atoms with Crippen molar-refractivity contribution in [1.29, 1.82) is 5.26 Å². The molecule has 1 aromatic carbocycles. The molecule has 5 heteroatoms. The van der Waals surface area contributed by atoms with E-state index in [4.69, 9.17) is 11.0 Å². The van der Waals surface area contributed by atoms with Crippen molar-refractivity contribution in [3.05, 3.63) is 41.0 Å². The molecule has 4 nitrogen and oxygen atoms in total. The molecule has 3 rings (SSSR count). The van der Waals surface area contributed by atoms with Crippen molar-refractivity contribution in [2.75, 3.05) is 17.6 Å². The Morgan fingerprint density at radius 2 is 2.33 bits per heavy atom. The van der Waals surface area contributed by atoms with Gasteiger partial charge >= 0.3 is 0 Å². The number of nitrogens with two attached hydrogens (primary N) is 1. The number of hydrogen-bond acceptors (Lipinski definition) is 5. The van der Waals surface area contributed by atoms with E-state index in [1.165, 1.54) is 22.7 Å². The summed E-state index contributed by atoms with van der Waals surface area (Å²) in [5, 5.41) is 13.0. The van der Waals surface area contributed by atoms with Gasteiger partial charge in [0, 0.05) is 12.5 Å². The molecule has 1 aromatic heterocycles. The fourth-order valence-electron chi connectivity index (χ4n) is 2.29. The van der Waals surface area contributed by atoms with Crippen molar-refractivity contribution < 1.29 is 0 Å². The molecular weight excluding hydrogens is 244 g/mol. The molecule has 0 spiro atoms. The van der Waals surface area contributed by atoms with Crippen molar-refractivity contribution in [3.63, 3.8) is 0 Å². The third kappa shape index (κ3) is 1.71. The van der Waals surface area contributed by atoms with Gasteiger partial charge in [0.05, 0.1) is 0 Å². The number of fused-ring (bicyclic) bond motifs is 1. The van der Waals surface area contributed by atoms with Gasteiger partial charge in [-0.05, 0) is 29.1 Å².